The number of nitrogens with one attached hydrogen (secondary N) is 3. The molecule has 0 spiro atoms. The Labute approximate surface area is 209 Å². The number of amides is 1. The van der Waals surface area contributed by atoms with Gasteiger partial charge in [0.2, 0.25) is 5.95 Å². The normalized spacial score (nSPS) is 15.7. The lowest BCUT2D eigenvalue weighted by Gasteiger charge is -2.19. The molecule has 0 fully saturated rings. The SMILES string of the molecule is Cn1cc(Nc2nccc(-c3ccc4c(c3)CNCC[C@@H]4NC(=O)c3cn(C(C)(C)C)nn3)n2)cn1. The standard InChI is InChI=1S/C25H30N10O/c1-25(2,3)35-15-22(32-33-35)23(36)30-21-7-9-26-12-17-11-16(5-6-19(17)21)20-8-10-27-24(31-20)29-18-13-28-34(4)14-18/h5-6,8,10-11,13-15,21,26H,7,9,12H2,1-4H3,(H,30,36)(H,27,29,31)/t21-/m0/s1. The molecule has 0 unspecified atom stereocenters. The maximum Gasteiger partial charge on any atom is 0.273 e. The average molecular weight is 487 g/mol. The van der Waals surface area contributed by atoms with Crippen LogP contribution in [0, 0.1) is 0 Å². The molecule has 3 N–H and O–H groups in total. The smallest absolute Gasteiger partial charge is 0.273 e. The van der Waals surface area contributed by atoms with Gasteiger partial charge in [-0.1, -0.05) is 17.3 Å². The summed E-state index contributed by atoms with van der Waals surface area (Å²) in [6, 6.07) is 7.99. The van der Waals surface area contributed by atoms with Gasteiger partial charge in [0.15, 0.2) is 5.69 Å². The van der Waals surface area contributed by atoms with Gasteiger partial charge in [-0.25, -0.2) is 14.6 Å². The van der Waals surface area contributed by atoms with E-state index in [1.165, 1.54) is 0 Å². The number of carbonyl (C=O) groups excluding carboxylic acids is 1. The molecule has 4 heterocycles. The van der Waals surface area contributed by atoms with E-state index in [0.717, 1.165) is 41.0 Å². The molecule has 11 heteroatoms. The van der Waals surface area contributed by atoms with Gasteiger partial charge < -0.3 is 16.0 Å². The van der Waals surface area contributed by atoms with Crippen LogP contribution < -0.4 is 16.0 Å². The molecule has 0 aliphatic carbocycles. The van der Waals surface area contributed by atoms with Gasteiger partial charge in [-0.2, -0.15) is 5.10 Å². The van der Waals surface area contributed by atoms with E-state index >= 15 is 0 Å². The Hall–Kier alpha value is -4.12. The molecule has 36 heavy (non-hydrogen) atoms. The Morgan fingerprint density at radius 1 is 1.19 bits per heavy atom. The van der Waals surface area contributed by atoms with Crippen LogP contribution in [0.3, 0.4) is 0 Å². The van der Waals surface area contributed by atoms with Crippen LogP contribution in [0.2, 0.25) is 0 Å². The molecule has 1 aliphatic heterocycles. The highest BCUT2D eigenvalue weighted by Crippen LogP contribution is 2.29. The summed E-state index contributed by atoms with van der Waals surface area (Å²) < 4.78 is 3.42. The highest BCUT2D eigenvalue weighted by atomic mass is 16.2. The third kappa shape index (κ3) is 5.10. The zero-order valence-electron chi connectivity index (χ0n) is 20.9. The Morgan fingerprint density at radius 2 is 2.06 bits per heavy atom. The molecular weight excluding hydrogens is 456 g/mol. The predicted molar refractivity (Wildman–Crippen MR) is 136 cm³/mol. The number of hydrogen-bond acceptors (Lipinski definition) is 8. The van der Waals surface area contributed by atoms with Crippen LogP contribution in [0.1, 0.15) is 54.8 Å². The van der Waals surface area contributed by atoms with Crippen molar-refractivity contribution < 1.29 is 4.79 Å². The average Bonchev–Trinajstić information content (AvgIpc) is 3.46. The van der Waals surface area contributed by atoms with Crippen molar-refractivity contribution >= 4 is 17.5 Å². The molecule has 1 atom stereocenters. The van der Waals surface area contributed by atoms with Crippen LogP contribution in [-0.2, 0) is 19.1 Å². The monoisotopic (exact) mass is 486 g/mol. The Balaban J connectivity index is 1.36. The number of carbonyl (C=O) groups is 1. The van der Waals surface area contributed by atoms with Gasteiger partial charge in [0.25, 0.3) is 5.91 Å². The first kappa shape index (κ1) is 23.6. The lowest BCUT2D eigenvalue weighted by molar-refractivity contribution is 0.0930. The first-order valence-electron chi connectivity index (χ1n) is 11.9. The Kier molecular flexibility index (Phi) is 6.23. The summed E-state index contributed by atoms with van der Waals surface area (Å²) in [5.41, 5.74) is 4.89. The van der Waals surface area contributed by atoms with Gasteiger partial charge in [0.1, 0.15) is 0 Å². The van der Waals surface area contributed by atoms with E-state index in [0.29, 0.717) is 18.2 Å². The quantitative estimate of drug-likeness (QED) is 0.393. The van der Waals surface area contributed by atoms with E-state index in [2.05, 4.69) is 53.5 Å². The number of aromatic nitrogens is 7. The zero-order valence-corrected chi connectivity index (χ0v) is 20.9. The summed E-state index contributed by atoms with van der Waals surface area (Å²) in [6.45, 7) is 7.55. The van der Waals surface area contributed by atoms with E-state index in [-0.39, 0.29) is 17.5 Å². The molecule has 0 saturated carbocycles. The number of benzene rings is 1. The van der Waals surface area contributed by atoms with Gasteiger partial charge in [-0.3, -0.25) is 9.48 Å². The minimum atomic E-state index is -0.241. The Morgan fingerprint density at radius 3 is 2.81 bits per heavy atom. The molecule has 0 radical (unpaired) electrons. The molecule has 5 rings (SSSR count). The van der Waals surface area contributed by atoms with Gasteiger partial charge in [-0.05, 0) is 57.0 Å². The van der Waals surface area contributed by atoms with Crippen LogP contribution in [0.15, 0.2) is 49.1 Å². The number of aryl methyl sites for hydroxylation is 1. The van der Waals surface area contributed by atoms with E-state index in [1.807, 2.05) is 46.1 Å². The van der Waals surface area contributed by atoms with Crippen LogP contribution in [0.25, 0.3) is 11.3 Å². The van der Waals surface area contributed by atoms with Crippen LogP contribution >= 0.6 is 0 Å². The summed E-state index contributed by atoms with van der Waals surface area (Å²) in [5.74, 6) is 0.274. The summed E-state index contributed by atoms with van der Waals surface area (Å²) in [4.78, 5) is 22.0. The summed E-state index contributed by atoms with van der Waals surface area (Å²) in [5, 5.41) is 22.2. The molecular formula is C25H30N10O. The fourth-order valence-corrected chi connectivity index (χ4v) is 4.16. The zero-order chi connectivity index (χ0) is 25.3. The maximum atomic E-state index is 13.0. The molecule has 0 bridgehead atoms. The van der Waals surface area contributed by atoms with Crippen molar-refractivity contribution in [1.82, 2.24) is 45.4 Å². The largest absolute Gasteiger partial charge is 0.344 e. The number of anilines is 2. The van der Waals surface area contributed by atoms with Crippen LogP contribution in [-0.4, -0.2) is 47.2 Å². The topological polar surface area (TPSA) is 127 Å². The first-order valence-corrected chi connectivity index (χ1v) is 11.9. The minimum Gasteiger partial charge on any atom is -0.344 e. The van der Waals surface area contributed by atoms with Crippen molar-refractivity contribution in [1.29, 1.82) is 0 Å². The van der Waals surface area contributed by atoms with Crippen LogP contribution in [0.4, 0.5) is 11.6 Å². The Bertz CT molecular complexity index is 1380. The van der Waals surface area contributed by atoms with Crippen molar-refractivity contribution in [2.24, 2.45) is 7.05 Å². The molecule has 1 aromatic carbocycles. The van der Waals surface area contributed by atoms with E-state index in [1.54, 1.807) is 28.0 Å². The second kappa shape index (κ2) is 9.50. The van der Waals surface area contributed by atoms with Crippen molar-refractivity contribution in [3.05, 3.63) is 65.9 Å². The maximum absolute atomic E-state index is 13.0. The second-order valence-electron chi connectivity index (χ2n) is 9.92. The summed E-state index contributed by atoms with van der Waals surface area (Å²) >= 11 is 0. The lowest BCUT2D eigenvalue weighted by atomic mass is 9.96. The van der Waals surface area contributed by atoms with Gasteiger partial charge in [0.05, 0.1) is 35.4 Å². The van der Waals surface area contributed by atoms with E-state index in [9.17, 15) is 4.79 Å². The molecule has 1 amide bonds. The van der Waals surface area contributed by atoms with Crippen molar-refractivity contribution in [2.75, 3.05) is 11.9 Å². The third-order valence-electron chi connectivity index (χ3n) is 6.07. The highest BCUT2D eigenvalue weighted by Gasteiger charge is 2.24. The number of nitrogens with zero attached hydrogens (tertiary/aromatic N) is 7. The lowest BCUT2D eigenvalue weighted by Crippen LogP contribution is -2.30. The van der Waals surface area contributed by atoms with E-state index < -0.39 is 0 Å². The van der Waals surface area contributed by atoms with Gasteiger partial charge >= 0.3 is 0 Å². The highest BCUT2D eigenvalue weighted by molar-refractivity contribution is 5.92. The fourth-order valence-electron chi connectivity index (χ4n) is 4.16. The molecule has 4 aromatic rings. The van der Waals surface area contributed by atoms with Gasteiger partial charge in [-0.15, -0.1) is 5.10 Å². The number of fused-ring (bicyclic) bond motifs is 1. The molecule has 1 aliphatic rings. The van der Waals surface area contributed by atoms with Crippen molar-refractivity contribution in [3.8, 4) is 11.3 Å². The third-order valence-corrected chi connectivity index (χ3v) is 6.07. The fraction of sp³-hybridized carbons (Fsp3) is 0.360. The van der Waals surface area contributed by atoms with Gasteiger partial charge in [0, 0.05) is 31.5 Å². The molecule has 11 nitrogen and oxygen atoms in total. The molecule has 0 saturated heterocycles. The first-order chi connectivity index (χ1) is 17.3. The molecule has 3 aromatic heterocycles. The second-order valence-corrected chi connectivity index (χ2v) is 9.92. The summed E-state index contributed by atoms with van der Waals surface area (Å²) in [6.07, 6.45) is 7.79. The molecule has 186 valence electrons. The summed E-state index contributed by atoms with van der Waals surface area (Å²) in [7, 11) is 1.86. The minimum absolute atomic E-state index is 0.135. The van der Waals surface area contributed by atoms with Crippen molar-refractivity contribution in [2.45, 2.75) is 45.3 Å². The number of rotatable bonds is 5. The predicted octanol–water partition coefficient (Wildman–Crippen LogP) is 2.93. The van der Waals surface area contributed by atoms with Crippen LogP contribution in [0.5, 0.6) is 0 Å². The van der Waals surface area contributed by atoms with Crippen molar-refractivity contribution in [3.63, 3.8) is 0 Å². The van der Waals surface area contributed by atoms with E-state index in [4.69, 9.17) is 0 Å². The number of hydrogen-bond donors (Lipinski definition) is 3.